The molecule has 0 aromatic heterocycles. The van der Waals surface area contributed by atoms with Gasteiger partial charge in [-0.1, -0.05) is 15.9 Å². The Morgan fingerprint density at radius 1 is 1.44 bits per heavy atom. The first-order valence-corrected chi connectivity index (χ1v) is 5.35. The first-order valence-electron chi connectivity index (χ1n) is 4.56. The van der Waals surface area contributed by atoms with Gasteiger partial charge < -0.3 is 25.4 Å². The first-order chi connectivity index (χ1) is 7.56. The molecule has 6 heteroatoms. The van der Waals surface area contributed by atoms with Crippen LogP contribution >= 0.6 is 15.9 Å². The standard InChI is InChI=1S/C10H14BrNO4/c1-15-7-3-5(11)8(6(12)4-13)9(14)10(7)16-2/h3,6,13-14H,4,12H2,1-2H3. The maximum atomic E-state index is 9.96. The van der Waals surface area contributed by atoms with Crippen LogP contribution in [0.4, 0.5) is 0 Å². The minimum absolute atomic E-state index is 0.129. The molecule has 0 amide bonds. The smallest absolute Gasteiger partial charge is 0.203 e. The molecule has 0 aliphatic heterocycles. The fourth-order valence-electron chi connectivity index (χ4n) is 1.40. The molecule has 1 atom stereocenters. The summed E-state index contributed by atoms with van der Waals surface area (Å²) in [6.07, 6.45) is 0. The quantitative estimate of drug-likeness (QED) is 0.775. The third kappa shape index (κ3) is 2.23. The van der Waals surface area contributed by atoms with E-state index in [0.717, 1.165) is 0 Å². The number of aliphatic hydroxyl groups excluding tert-OH is 1. The van der Waals surface area contributed by atoms with Crippen LogP contribution in [0.2, 0.25) is 0 Å². The lowest BCUT2D eigenvalue weighted by Crippen LogP contribution is -2.15. The number of phenols is 1. The molecule has 4 N–H and O–H groups in total. The Morgan fingerprint density at radius 2 is 2.06 bits per heavy atom. The summed E-state index contributed by atoms with van der Waals surface area (Å²) in [4.78, 5) is 0. The van der Waals surface area contributed by atoms with Crippen molar-refractivity contribution in [3.8, 4) is 17.2 Å². The highest BCUT2D eigenvalue weighted by Gasteiger charge is 2.21. The summed E-state index contributed by atoms with van der Waals surface area (Å²) in [5, 5.41) is 19.0. The van der Waals surface area contributed by atoms with Crippen molar-refractivity contribution in [3.63, 3.8) is 0 Å². The van der Waals surface area contributed by atoms with Gasteiger partial charge in [-0.15, -0.1) is 0 Å². The molecule has 1 aromatic rings. The Kier molecular flexibility index (Phi) is 4.40. The normalized spacial score (nSPS) is 12.3. The largest absolute Gasteiger partial charge is 0.504 e. The highest BCUT2D eigenvalue weighted by atomic mass is 79.9. The van der Waals surface area contributed by atoms with Crippen molar-refractivity contribution in [3.05, 3.63) is 16.1 Å². The molecule has 5 nitrogen and oxygen atoms in total. The highest BCUT2D eigenvalue weighted by Crippen LogP contribution is 2.44. The molecular weight excluding hydrogens is 278 g/mol. The van der Waals surface area contributed by atoms with Gasteiger partial charge in [0.25, 0.3) is 0 Å². The number of aromatic hydroxyl groups is 1. The van der Waals surface area contributed by atoms with Crippen LogP contribution in [0.15, 0.2) is 10.5 Å². The maximum Gasteiger partial charge on any atom is 0.203 e. The lowest BCUT2D eigenvalue weighted by atomic mass is 10.1. The van der Waals surface area contributed by atoms with Gasteiger partial charge in [-0.3, -0.25) is 0 Å². The summed E-state index contributed by atoms with van der Waals surface area (Å²) in [6.45, 7) is -0.276. The second kappa shape index (κ2) is 5.38. The third-order valence-electron chi connectivity index (χ3n) is 2.20. The summed E-state index contributed by atoms with van der Waals surface area (Å²) >= 11 is 3.26. The predicted molar refractivity (Wildman–Crippen MR) is 62.9 cm³/mol. The number of nitrogens with two attached hydrogens (primary N) is 1. The van der Waals surface area contributed by atoms with Crippen molar-refractivity contribution in [2.75, 3.05) is 20.8 Å². The van der Waals surface area contributed by atoms with Gasteiger partial charge in [0.2, 0.25) is 5.75 Å². The monoisotopic (exact) mass is 291 g/mol. The molecule has 1 rings (SSSR count). The Hall–Kier alpha value is -0.980. The van der Waals surface area contributed by atoms with E-state index in [2.05, 4.69) is 15.9 Å². The summed E-state index contributed by atoms with van der Waals surface area (Å²) in [5.41, 5.74) is 6.06. The summed E-state index contributed by atoms with van der Waals surface area (Å²) < 4.78 is 10.6. The maximum absolute atomic E-state index is 9.96. The number of hydrogen-bond donors (Lipinski definition) is 3. The minimum Gasteiger partial charge on any atom is -0.504 e. The van der Waals surface area contributed by atoms with Crippen LogP contribution in [-0.2, 0) is 0 Å². The number of aliphatic hydroxyl groups is 1. The van der Waals surface area contributed by atoms with E-state index in [1.165, 1.54) is 14.2 Å². The molecular formula is C10H14BrNO4. The molecule has 0 saturated carbocycles. The van der Waals surface area contributed by atoms with Gasteiger partial charge in [0.15, 0.2) is 11.5 Å². The van der Waals surface area contributed by atoms with E-state index in [1.54, 1.807) is 6.07 Å². The van der Waals surface area contributed by atoms with E-state index in [0.29, 0.717) is 15.8 Å². The Labute approximate surface area is 102 Å². The fraction of sp³-hybridized carbons (Fsp3) is 0.400. The number of halogens is 1. The molecule has 0 radical (unpaired) electrons. The lowest BCUT2D eigenvalue weighted by Gasteiger charge is -2.17. The molecule has 1 unspecified atom stereocenters. The van der Waals surface area contributed by atoms with E-state index >= 15 is 0 Å². The van der Waals surface area contributed by atoms with Crippen LogP contribution in [0.3, 0.4) is 0 Å². The molecule has 0 saturated heterocycles. The molecule has 90 valence electrons. The lowest BCUT2D eigenvalue weighted by molar-refractivity contribution is 0.262. The van der Waals surface area contributed by atoms with Gasteiger partial charge in [0, 0.05) is 10.0 Å². The van der Waals surface area contributed by atoms with Gasteiger partial charge in [-0.2, -0.15) is 0 Å². The number of rotatable bonds is 4. The molecule has 0 spiro atoms. The number of ether oxygens (including phenoxy) is 2. The SMILES string of the molecule is COc1cc(Br)c(C(N)CO)c(O)c1OC. The van der Waals surface area contributed by atoms with E-state index in [4.69, 9.17) is 20.3 Å². The van der Waals surface area contributed by atoms with Crippen molar-refractivity contribution in [1.29, 1.82) is 0 Å². The Bertz CT molecular complexity index is 384. The highest BCUT2D eigenvalue weighted by molar-refractivity contribution is 9.10. The van der Waals surface area contributed by atoms with Crippen molar-refractivity contribution in [1.82, 2.24) is 0 Å². The Morgan fingerprint density at radius 3 is 2.50 bits per heavy atom. The number of hydrogen-bond acceptors (Lipinski definition) is 5. The zero-order chi connectivity index (χ0) is 12.3. The molecule has 0 aliphatic carbocycles. The number of phenolic OH excluding ortho intramolecular Hbond substituents is 1. The summed E-state index contributed by atoms with van der Waals surface area (Å²) in [6, 6.07) is 0.942. The van der Waals surface area contributed by atoms with Crippen LogP contribution in [0.5, 0.6) is 17.2 Å². The van der Waals surface area contributed by atoms with Gasteiger partial charge in [0.05, 0.1) is 26.9 Å². The third-order valence-corrected chi connectivity index (χ3v) is 2.86. The van der Waals surface area contributed by atoms with Crippen molar-refractivity contribution >= 4 is 15.9 Å². The summed E-state index contributed by atoms with van der Waals surface area (Å²) in [7, 11) is 2.88. The number of benzene rings is 1. The van der Waals surface area contributed by atoms with E-state index in [-0.39, 0.29) is 18.1 Å². The molecule has 16 heavy (non-hydrogen) atoms. The Balaban J connectivity index is 3.40. The van der Waals surface area contributed by atoms with E-state index in [9.17, 15) is 5.11 Å². The summed E-state index contributed by atoms with van der Waals surface area (Å²) in [5.74, 6) is 0.459. The molecule has 0 bridgehead atoms. The van der Waals surface area contributed by atoms with Crippen LogP contribution in [0, 0.1) is 0 Å². The van der Waals surface area contributed by atoms with Gasteiger partial charge in [0.1, 0.15) is 0 Å². The average molecular weight is 292 g/mol. The van der Waals surface area contributed by atoms with E-state index in [1.807, 2.05) is 0 Å². The minimum atomic E-state index is -0.686. The zero-order valence-corrected chi connectivity index (χ0v) is 10.6. The second-order valence-corrected chi connectivity index (χ2v) is 4.00. The molecule has 0 fully saturated rings. The van der Waals surface area contributed by atoms with Crippen LogP contribution in [0.25, 0.3) is 0 Å². The van der Waals surface area contributed by atoms with Gasteiger partial charge >= 0.3 is 0 Å². The van der Waals surface area contributed by atoms with Gasteiger partial charge in [-0.05, 0) is 6.07 Å². The van der Waals surface area contributed by atoms with Crippen molar-refractivity contribution in [2.24, 2.45) is 5.73 Å². The topological polar surface area (TPSA) is 84.9 Å². The van der Waals surface area contributed by atoms with Crippen LogP contribution in [-0.4, -0.2) is 31.0 Å². The van der Waals surface area contributed by atoms with E-state index < -0.39 is 6.04 Å². The molecule has 0 heterocycles. The fourth-order valence-corrected chi connectivity index (χ4v) is 2.09. The average Bonchev–Trinajstić information content (AvgIpc) is 2.27. The van der Waals surface area contributed by atoms with Gasteiger partial charge in [-0.25, -0.2) is 0 Å². The first kappa shape index (κ1) is 13.1. The molecule has 0 aliphatic rings. The zero-order valence-electron chi connectivity index (χ0n) is 9.03. The second-order valence-electron chi connectivity index (χ2n) is 3.15. The number of methoxy groups -OCH3 is 2. The predicted octanol–water partition coefficient (Wildman–Crippen LogP) is 1.16. The van der Waals surface area contributed by atoms with Crippen molar-refractivity contribution in [2.45, 2.75) is 6.04 Å². The molecule has 1 aromatic carbocycles. The van der Waals surface area contributed by atoms with Crippen molar-refractivity contribution < 1.29 is 19.7 Å². The van der Waals surface area contributed by atoms with Crippen LogP contribution < -0.4 is 15.2 Å². The van der Waals surface area contributed by atoms with Crippen LogP contribution in [0.1, 0.15) is 11.6 Å².